The Hall–Kier alpha value is -0.860. The highest BCUT2D eigenvalue weighted by Gasteiger charge is 2.32. The Balaban J connectivity index is 2.01. The van der Waals surface area contributed by atoms with Crippen molar-refractivity contribution in [3.63, 3.8) is 0 Å². The molecule has 1 atom stereocenters. The predicted octanol–water partition coefficient (Wildman–Crippen LogP) is 2.78. The van der Waals surface area contributed by atoms with E-state index in [0.29, 0.717) is 6.04 Å². The number of hydrogen-bond acceptors (Lipinski definition) is 2. The summed E-state index contributed by atoms with van der Waals surface area (Å²) in [4.78, 5) is 2.67. The minimum Gasteiger partial charge on any atom is -0.330 e. The number of nitrogens with zero attached hydrogens (tertiary/aromatic N) is 1. The molecule has 1 fully saturated rings. The molecule has 2 heteroatoms. The van der Waals surface area contributed by atoms with Gasteiger partial charge in [-0.3, -0.25) is 4.90 Å². The van der Waals surface area contributed by atoms with E-state index in [-0.39, 0.29) is 0 Å². The summed E-state index contributed by atoms with van der Waals surface area (Å²) in [5.74, 6) is 0. The molecule has 1 aromatic carbocycles. The Labute approximate surface area is 105 Å². The van der Waals surface area contributed by atoms with Crippen LogP contribution in [0.3, 0.4) is 0 Å². The van der Waals surface area contributed by atoms with Gasteiger partial charge < -0.3 is 5.73 Å². The van der Waals surface area contributed by atoms with E-state index in [9.17, 15) is 0 Å². The summed E-state index contributed by atoms with van der Waals surface area (Å²) in [5, 5.41) is 0. The first-order chi connectivity index (χ1) is 8.35. The first-order valence-corrected chi connectivity index (χ1v) is 6.85. The van der Waals surface area contributed by atoms with Gasteiger partial charge in [0.05, 0.1) is 0 Å². The Morgan fingerprint density at radius 2 is 2.00 bits per heavy atom. The van der Waals surface area contributed by atoms with Crippen molar-refractivity contribution in [1.29, 1.82) is 0 Å². The summed E-state index contributed by atoms with van der Waals surface area (Å²) < 4.78 is 0. The normalized spacial score (nSPS) is 17.4. The molecule has 1 saturated carbocycles. The minimum atomic E-state index is 0.660. The summed E-state index contributed by atoms with van der Waals surface area (Å²) in [5.41, 5.74) is 7.16. The van der Waals surface area contributed by atoms with Crippen molar-refractivity contribution in [2.75, 3.05) is 6.54 Å². The molecule has 0 aliphatic heterocycles. The molecule has 0 bridgehead atoms. The van der Waals surface area contributed by atoms with Crippen LogP contribution in [0.1, 0.15) is 38.2 Å². The zero-order valence-corrected chi connectivity index (χ0v) is 10.8. The standard InChI is InChI=1S/C15H24N2/c1-2-14(10-11-16)17(15-8-9-15)12-13-6-4-3-5-7-13/h3-7,14-15H,2,8-12,16H2,1H3. The van der Waals surface area contributed by atoms with Crippen LogP contribution in [-0.4, -0.2) is 23.5 Å². The molecule has 0 spiro atoms. The first-order valence-electron chi connectivity index (χ1n) is 6.85. The summed E-state index contributed by atoms with van der Waals surface area (Å²) in [6.45, 7) is 4.17. The van der Waals surface area contributed by atoms with E-state index in [4.69, 9.17) is 5.73 Å². The molecule has 17 heavy (non-hydrogen) atoms. The highest BCUT2D eigenvalue weighted by molar-refractivity contribution is 5.15. The molecule has 1 aliphatic carbocycles. The van der Waals surface area contributed by atoms with Gasteiger partial charge in [-0.2, -0.15) is 0 Å². The van der Waals surface area contributed by atoms with E-state index in [1.165, 1.54) is 24.8 Å². The fraction of sp³-hybridized carbons (Fsp3) is 0.600. The fourth-order valence-electron chi connectivity index (χ4n) is 2.55. The molecule has 0 heterocycles. The van der Waals surface area contributed by atoms with Gasteiger partial charge in [0.1, 0.15) is 0 Å². The van der Waals surface area contributed by atoms with Gasteiger partial charge in [0, 0.05) is 18.6 Å². The molecular weight excluding hydrogens is 208 g/mol. The van der Waals surface area contributed by atoms with Gasteiger partial charge in [0.15, 0.2) is 0 Å². The molecule has 2 N–H and O–H groups in total. The van der Waals surface area contributed by atoms with Crippen molar-refractivity contribution in [3.8, 4) is 0 Å². The zero-order valence-electron chi connectivity index (χ0n) is 10.8. The third-order valence-corrected chi connectivity index (χ3v) is 3.66. The molecule has 0 aromatic heterocycles. The zero-order chi connectivity index (χ0) is 12.1. The van der Waals surface area contributed by atoms with Crippen LogP contribution in [0.2, 0.25) is 0 Å². The molecule has 2 rings (SSSR count). The second-order valence-corrected chi connectivity index (χ2v) is 5.03. The third-order valence-electron chi connectivity index (χ3n) is 3.66. The van der Waals surface area contributed by atoms with Crippen LogP contribution < -0.4 is 5.73 Å². The van der Waals surface area contributed by atoms with E-state index in [0.717, 1.165) is 25.6 Å². The Bertz CT molecular complexity index is 319. The van der Waals surface area contributed by atoms with Gasteiger partial charge in [-0.15, -0.1) is 0 Å². The second-order valence-electron chi connectivity index (χ2n) is 5.03. The van der Waals surface area contributed by atoms with E-state index in [1.54, 1.807) is 0 Å². The Morgan fingerprint density at radius 3 is 2.53 bits per heavy atom. The van der Waals surface area contributed by atoms with Crippen molar-refractivity contribution in [3.05, 3.63) is 35.9 Å². The van der Waals surface area contributed by atoms with Gasteiger partial charge in [0.2, 0.25) is 0 Å². The summed E-state index contributed by atoms with van der Waals surface area (Å²) in [6, 6.07) is 12.3. The molecule has 1 aromatic rings. The monoisotopic (exact) mass is 232 g/mol. The molecular formula is C15H24N2. The molecule has 2 nitrogen and oxygen atoms in total. The summed E-state index contributed by atoms with van der Waals surface area (Å²) >= 11 is 0. The lowest BCUT2D eigenvalue weighted by Crippen LogP contribution is -2.37. The number of rotatable bonds is 7. The number of hydrogen-bond donors (Lipinski definition) is 1. The van der Waals surface area contributed by atoms with Gasteiger partial charge >= 0.3 is 0 Å². The van der Waals surface area contributed by atoms with E-state index in [1.807, 2.05) is 0 Å². The molecule has 1 aliphatic rings. The van der Waals surface area contributed by atoms with Crippen molar-refractivity contribution in [2.24, 2.45) is 5.73 Å². The molecule has 0 radical (unpaired) electrons. The van der Waals surface area contributed by atoms with Crippen molar-refractivity contribution >= 4 is 0 Å². The lowest BCUT2D eigenvalue weighted by atomic mass is 10.1. The number of benzene rings is 1. The Kier molecular flexibility index (Phi) is 4.57. The smallest absolute Gasteiger partial charge is 0.0239 e. The molecule has 0 amide bonds. The lowest BCUT2D eigenvalue weighted by molar-refractivity contribution is 0.164. The average molecular weight is 232 g/mol. The lowest BCUT2D eigenvalue weighted by Gasteiger charge is -2.31. The molecule has 0 saturated heterocycles. The van der Waals surface area contributed by atoms with Crippen LogP contribution in [-0.2, 0) is 6.54 Å². The van der Waals surface area contributed by atoms with Crippen LogP contribution in [0, 0.1) is 0 Å². The van der Waals surface area contributed by atoms with E-state index in [2.05, 4.69) is 42.2 Å². The first kappa shape index (κ1) is 12.6. The van der Waals surface area contributed by atoms with Gasteiger partial charge in [0.25, 0.3) is 0 Å². The summed E-state index contributed by atoms with van der Waals surface area (Å²) in [6.07, 6.45) is 5.07. The molecule has 94 valence electrons. The maximum absolute atomic E-state index is 5.73. The average Bonchev–Trinajstić information content (AvgIpc) is 3.19. The van der Waals surface area contributed by atoms with E-state index < -0.39 is 0 Å². The highest BCUT2D eigenvalue weighted by atomic mass is 15.2. The van der Waals surface area contributed by atoms with E-state index >= 15 is 0 Å². The van der Waals surface area contributed by atoms with Crippen LogP contribution in [0.15, 0.2) is 30.3 Å². The Morgan fingerprint density at radius 1 is 1.29 bits per heavy atom. The summed E-state index contributed by atoms with van der Waals surface area (Å²) in [7, 11) is 0. The maximum atomic E-state index is 5.73. The fourth-order valence-corrected chi connectivity index (χ4v) is 2.55. The highest BCUT2D eigenvalue weighted by Crippen LogP contribution is 2.31. The third kappa shape index (κ3) is 3.55. The van der Waals surface area contributed by atoms with Crippen molar-refractivity contribution in [2.45, 2.75) is 51.2 Å². The predicted molar refractivity (Wildman–Crippen MR) is 72.8 cm³/mol. The van der Waals surface area contributed by atoms with Crippen molar-refractivity contribution < 1.29 is 0 Å². The topological polar surface area (TPSA) is 29.3 Å². The maximum Gasteiger partial charge on any atom is 0.0239 e. The minimum absolute atomic E-state index is 0.660. The largest absolute Gasteiger partial charge is 0.330 e. The quantitative estimate of drug-likeness (QED) is 0.783. The van der Waals surface area contributed by atoms with Gasteiger partial charge in [-0.1, -0.05) is 37.3 Å². The van der Waals surface area contributed by atoms with Crippen molar-refractivity contribution in [1.82, 2.24) is 4.90 Å². The van der Waals surface area contributed by atoms with Crippen LogP contribution in [0.25, 0.3) is 0 Å². The van der Waals surface area contributed by atoms with Gasteiger partial charge in [-0.05, 0) is 37.8 Å². The van der Waals surface area contributed by atoms with Gasteiger partial charge in [-0.25, -0.2) is 0 Å². The SMILES string of the molecule is CCC(CCN)N(Cc1ccccc1)C1CC1. The molecule has 1 unspecified atom stereocenters. The van der Waals surface area contributed by atoms with Crippen LogP contribution in [0.4, 0.5) is 0 Å². The van der Waals surface area contributed by atoms with Crippen LogP contribution >= 0.6 is 0 Å². The van der Waals surface area contributed by atoms with Crippen LogP contribution in [0.5, 0.6) is 0 Å². The number of nitrogens with two attached hydrogens (primary N) is 1. The second kappa shape index (κ2) is 6.18.